The van der Waals surface area contributed by atoms with Crippen LogP contribution in [0.25, 0.3) is 22.5 Å². The van der Waals surface area contributed by atoms with E-state index in [-0.39, 0.29) is 0 Å². The number of hydrogen-bond donors (Lipinski definition) is 0. The average Bonchev–Trinajstić information content (AvgIpc) is 3.20. The van der Waals surface area contributed by atoms with E-state index in [1.165, 1.54) is 74.3 Å². The van der Waals surface area contributed by atoms with E-state index in [0.717, 1.165) is 6.54 Å². The van der Waals surface area contributed by atoms with Crippen LogP contribution >= 0.6 is 0 Å². The zero-order chi connectivity index (χ0) is 20.3. The van der Waals surface area contributed by atoms with Crippen molar-refractivity contribution in [2.24, 2.45) is 0 Å². The van der Waals surface area contributed by atoms with Gasteiger partial charge >= 0.3 is 0 Å². The molecule has 0 N–H and O–H groups in total. The van der Waals surface area contributed by atoms with Gasteiger partial charge in [-0.15, -0.1) is 0 Å². The van der Waals surface area contributed by atoms with Crippen LogP contribution in [-0.4, -0.2) is 29.1 Å². The van der Waals surface area contributed by atoms with Gasteiger partial charge in [0.05, 0.1) is 0 Å². The largest absolute Gasteiger partial charge is 0.340 e. The lowest BCUT2D eigenvalue weighted by atomic mass is 10.1. The van der Waals surface area contributed by atoms with Crippen LogP contribution in [0, 0.1) is 0 Å². The van der Waals surface area contributed by atoms with Gasteiger partial charge in [-0.05, 0) is 62.2 Å². The van der Waals surface area contributed by atoms with Crippen LogP contribution in [0.15, 0.2) is 72.8 Å². The molecule has 0 spiro atoms. The SMILES string of the molecule is CCCCN(CCCC)CCCn1c(-c2ccccc2)ccc1-c1ccccc1. The molecule has 0 saturated carbocycles. The molecule has 3 aromatic rings. The summed E-state index contributed by atoms with van der Waals surface area (Å²) in [6.45, 7) is 9.28. The molecule has 29 heavy (non-hydrogen) atoms. The van der Waals surface area contributed by atoms with Crippen molar-refractivity contribution < 1.29 is 0 Å². The van der Waals surface area contributed by atoms with Crippen molar-refractivity contribution in [3.05, 3.63) is 72.8 Å². The molecule has 1 heterocycles. The Balaban J connectivity index is 1.78. The number of nitrogens with zero attached hydrogens (tertiary/aromatic N) is 2. The highest BCUT2D eigenvalue weighted by Crippen LogP contribution is 2.29. The van der Waals surface area contributed by atoms with E-state index in [2.05, 4.69) is 96.1 Å². The monoisotopic (exact) mass is 388 g/mol. The van der Waals surface area contributed by atoms with Crippen LogP contribution in [-0.2, 0) is 6.54 Å². The summed E-state index contributed by atoms with van der Waals surface area (Å²) in [6, 6.07) is 26.1. The first-order valence-electron chi connectivity index (χ1n) is 11.4. The number of aromatic nitrogens is 1. The third kappa shape index (κ3) is 6.08. The van der Waals surface area contributed by atoms with Gasteiger partial charge in [0.1, 0.15) is 0 Å². The molecule has 0 aliphatic heterocycles. The maximum Gasteiger partial charge on any atom is 0.0485 e. The molecule has 0 aliphatic rings. The third-order valence-corrected chi connectivity index (χ3v) is 5.63. The first kappa shape index (κ1) is 21.4. The normalized spacial score (nSPS) is 11.3. The predicted octanol–water partition coefficient (Wildman–Crippen LogP) is 7.11. The Kier molecular flexibility index (Phi) is 8.58. The molecule has 3 rings (SSSR count). The van der Waals surface area contributed by atoms with E-state index in [0.29, 0.717) is 0 Å². The molecule has 0 radical (unpaired) electrons. The van der Waals surface area contributed by atoms with E-state index >= 15 is 0 Å². The van der Waals surface area contributed by atoms with Gasteiger partial charge in [-0.3, -0.25) is 0 Å². The number of benzene rings is 2. The molecule has 0 bridgehead atoms. The van der Waals surface area contributed by atoms with Gasteiger partial charge in [-0.2, -0.15) is 0 Å². The highest BCUT2D eigenvalue weighted by molar-refractivity contribution is 5.69. The van der Waals surface area contributed by atoms with Crippen LogP contribution in [0.5, 0.6) is 0 Å². The molecule has 0 amide bonds. The van der Waals surface area contributed by atoms with Crippen LogP contribution in [0.1, 0.15) is 46.0 Å². The summed E-state index contributed by atoms with van der Waals surface area (Å²) in [4.78, 5) is 2.67. The summed E-state index contributed by atoms with van der Waals surface area (Å²) in [5.74, 6) is 0. The molecule has 154 valence electrons. The van der Waals surface area contributed by atoms with E-state index in [1.807, 2.05) is 0 Å². The van der Waals surface area contributed by atoms with Gasteiger partial charge in [0.2, 0.25) is 0 Å². The Morgan fingerprint density at radius 2 is 1.03 bits per heavy atom. The number of hydrogen-bond acceptors (Lipinski definition) is 1. The van der Waals surface area contributed by atoms with Crippen LogP contribution in [0.3, 0.4) is 0 Å². The minimum atomic E-state index is 1.05. The summed E-state index contributed by atoms with van der Waals surface area (Å²) < 4.78 is 2.52. The fraction of sp³-hybridized carbons (Fsp3) is 0.407. The second-order valence-electron chi connectivity index (χ2n) is 7.89. The van der Waals surface area contributed by atoms with Gasteiger partial charge in [0.15, 0.2) is 0 Å². The minimum Gasteiger partial charge on any atom is -0.340 e. The molecule has 1 aromatic heterocycles. The average molecular weight is 389 g/mol. The van der Waals surface area contributed by atoms with E-state index in [9.17, 15) is 0 Å². The van der Waals surface area contributed by atoms with Crippen LogP contribution in [0.2, 0.25) is 0 Å². The van der Waals surface area contributed by atoms with Crippen molar-refractivity contribution in [3.8, 4) is 22.5 Å². The second-order valence-corrected chi connectivity index (χ2v) is 7.89. The van der Waals surface area contributed by atoms with Crippen molar-refractivity contribution in [2.45, 2.75) is 52.5 Å². The number of unbranched alkanes of at least 4 members (excludes halogenated alkanes) is 2. The lowest BCUT2D eigenvalue weighted by molar-refractivity contribution is 0.257. The fourth-order valence-corrected chi connectivity index (χ4v) is 3.98. The lowest BCUT2D eigenvalue weighted by Gasteiger charge is -2.23. The minimum absolute atomic E-state index is 1.05. The van der Waals surface area contributed by atoms with Crippen molar-refractivity contribution >= 4 is 0 Å². The Bertz CT molecular complexity index is 755. The van der Waals surface area contributed by atoms with E-state index in [4.69, 9.17) is 0 Å². The predicted molar refractivity (Wildman–Crippen MR) is 126 cm³/mol. The first-order valence-corrected chi connectivity index (χ1v) is 11.4. The van der Waals surface area contributed by atoms with Crippen molar-refractivity contribution in [1.82, 2.24) is 9.47 Å². The van der Waals surface area contributed by atoms with E-state index < -0.39 is 0 Å². The van der Waals surface area contributed by atoms with Gasteiger partial charge in [0.25, 0.3) is 0 Å². The standard InChI is InChI=1S/C27H36N2/c1-3-5-20-28(21-6-4-2)22-13-23-29-26(24-14-9-7-10-15-24)18-19-27(29)25-16-11-8-12-17-25/h7-12,14-19H,3-6,13,20-23H2,1-2H3. The Morgan fingerprint density at radius 1 is 0.586 bits per heavy atom. The molecular weight excluding hydrogens is 352 g/mol. The van der Waals surface area contributed by atoms with Gasteiger partial charge in [0, 0.05) is 17.9 Å². The second kappa shape index (κ2) is 11.6. The van der Waals surface area contributed by atoms with Crippen molar-refractivity contribution in [3.63, 3.8) is 0 Å². The van der Waals surface area contributed by atoms with Gasteiger partial charge in [-0.25, -0.2) is 0 Å². The molecule has 0 saturated heterocycles. The van der Waals surface area contributed by atoms with E-state index in [1.54, 1.807) is 0 Å². The zero-order valence-electron chi connectivity index (χ0n) is 18.2. The summed E-state index contributed by atoms with van der Waals surface area (Å²) >= 11 is 0. The van der Waals surface area contributed by atoms with Gasteiger partial charge < -0.3 is 9.47 Å². The Labute approximate surface area is 177 Å². The van der Waals surface area contributed by atoms with Crippen LogP contribution < -0.4 is 0 Å². The molecule has 2 nitrogen and oxygen atoms in total. The summed E-state index contributed by atoms with van der Waals surface area (Å²) in [7, 11) is 0. The maximum absolute atomic E-state index is 2.67. The molecule has 2 heteroatoms. The molecule has 0 aliphatic carbocycles. The molecule has 0 atom stereocenters. The first-order chi connectivity index (χ1) is 14.3. The molecular formula is C27H36N2. The highest BCUT2D eigenvalue weighted by atomic mass is 15.1. The topological polar surface area (TPSA) is 8.17 Å². The zero-order valence-corrected chi connectivity index (χ0v) is 18.2. The van der Waals surface area contributed by atoms with Gasteiger partial charge in [-0.1, -0.05) is 87.4 Å². The summed E-state index contributed by atoms with van der Waals surface area (Å²) in [6.07, 6.45) is 6.34. The van der Waals surface area contributed by atoms with Crippen molar-refractivity contribution in [2.75, 3.05) is 19.6 Å². The van der Waals surface area contributed by atoms with Crippen molar-refractivity contribution in [1.29, 1.82) is 0 Å². The summed E-state index contributed by atoms with van der Waals surface area (Å²) in [5, 5.41) is 0. The van der Waals surface area contributed by atoms with Crippen LogP contribution in [0.4, 0.5) is 0 Å². The summed E-state index contributed by atoms with van der Waals surface area (Å²) in [5.41, 5.74) is 5.23. The molecule has 0 unspecified atom stereocenters. The fourth-order valence-electron chi connectivity index (χ4n) is 3.98. The smallest absolute Gasteiger partial charge is 0.0485 e. The number of rotatable bonds is 12. The maximum atomic E-state index is 2.67. The highest BCUT2D eigenvalue weighted by Gasteiger charge is 2.12. The lowest BCUT2D eigenvalue weighted by Crippen LogP contribution is -2.28. The quantitative estimate of drug-likeness (QED) is 0.321. The Hall–Kier alpha value is -2.32. The molecule has 2 aromatic carbocycles. The Morgan fingerprint density at radius 3 is 1.48 bits per heavy atom. The third-order valence-electron chi connectivity index (χ3n) is 5.63. The molecule has 0 fully saturated rings.